The minimum absolute atomic E-state index is 0.504. The van der Waals surface area contributed by atoms with E-state index < -0.39 is 5.60 Å². The molecule has 2 nitrogen and oxygen atoms in total. The summed E-state index contributed by atoms with van der Waals surface area (Å²) in [6.07, 6.45) is 2.91. The molecular formula is C14H18ClNO. The second-order valence-corrected chi connectivity index (χ2v) is 4.65. The van der Waals surface area contributed by atoms with Gasteiger partial charge in [0.05, 0.1) is 0 Å². The summed E-state index contributed by atoms with van der Waals surface area (Å²) in [6.45, 7) is 3.74. The third-order valence-electron chi connectivity index (χ3n) is 2.53. The van der Waals surface area contributed by atoms with Crippen LogP contribution in [0.3, 0.4) is 0 Å². The normalized spacial score (nSPS) is 13.6. The first-order chi connectivity index (χ1) is 7.97. The summed E-state index contributed by atoms with van der Waals surface area (Å²) in [5.41, 5.74) is 5.64. The average molecular weight is 252 g/mol. The van der Waals surface area contributed by atoms with Crippen molar-refractivity contribution < 1.29 is 5.11 Å². The predicted molar refractivity (Wildman–Crippen MR) is 72.7 cm³/mol. The number of unbranched alkanes of at least 4 members (excludes halogenated alkanes) is 2. The van der Waals surface area contributed by atoms with E-state index in [1.165, 1.54) is 0 Å². The van der Waals surface area contributed by atoms with Crippen LogP contribution in [-0.4, -0.2) is 5.11 Å². The van der Waals surface area contributed by atoms with Gasteiger partial charge in [0.2, 0.25) is 0 Å². The van der Waals surface area contributed by atoms with Crippen LogP contribution in [0.2, 0.25) is 5.02 Å². The topological polar surface area (TPSA) is 46.2 Å². The van der Waals surface area contributed by atoms with Crippen molar-refractivity contribution in [1.82, 2.24) is 0 Å². The second kappa shape index (κ2) is 5.95. The van der Waals surface area contributed by atoms with Crippen LogP contribution in [0.25, 0.3) is 0 Å². The Hall–Kier alpha value is -1.17. The van der Waals surface area contributed by atoms with Crippen LogP contribution >= 0.6 is 11.6 Å². The number of rotatable bonds is 3. The monoisotopic (exact) mass is 251 g/mol. The van der Waals surface area contributed by atoms with Gasteiger partial charge < -0.3 is 10.8 Å². The molecule has 0 radical (unpaired) electrons. The molecule has 92 valence electrons. The SMILES string of the molecule is CCCCC#CC(C)(O)c1cc(Cl)ccc1N. The number of aliphatic hydroxyl groups is 1. The quantitative estimate of drug-likeness (QED) is 0.492. The van der Waals surface area contributed by atoms with Crippen molar-refractivity contribution >= 4 is 17.3 Å². The number of nitrogen functional groups attached to an aromatic ring is 1. The minimum atomic E-state index is -1.25. The molecule has 0 aromatic heterocycles. The van der Waals surface area contributed by atoms with Gasteiger partial charge in [-0.2, -0.15) is 0 Å². The number of halogens is 1. The van der Waals surface area contributed by atoms with Gasteiger partial charge in [-0.25, -0.2) is 0 Å². The summed E-state index contributed by atoms with van der Waals surface area (Å²) >= 11 is 5.89. The first-order valence-electron chi connectivity index (χ1n) is 5.75. The van der Waals surface area contributed by atoms with Crippen LogP contribution in [-0.2, 0) is 5.60 Å². The zero-order chi connectivity index (χ0) is 12.9. The van der Waals surface area contributed by atoms with Crippen LogP contribution < -0.4 is 5.73 Å². The smallest absolute Gasteiger partial charge is 0.150 e. The van der Waals surface area contributed by atoms with Gasteiger partial charge in [0.1, 0.15) is 5.60 Å². The molecule has 1 aromatic rings. The van der Waals surface area contributed by atoms with Crippen molar-refractivity contribution in [3.8, 4) is 11.8 Å². The largest absolute Gasteiger partial charge is 0.398 e. The van der Waals surface area contributed by atoms with E-state index in [2.05, 4.69) is 18.8 Å². The Morgan fingerprint density at radius 3 is 2.82 bits per heavy atom. The predicted octanol–water partition coefficient (Wildman–Crippen LogP) is 3.32. The van der Waals surface area contributed by atoms with Crippen molar-refractivity contribution in [2.75, 3.05) is 5.73 Å². The lowest BCUT2D eigenvalue weighted by Gasteiger charge is -2.19. The van der Waals surface area contributed by atoms with E-state index in [0.717, 1.165) is 19.3 Å². The number of hydrogen-bond donors (Lipinski definition) is 2. The van der Waals surface area contributed by atoms with E-state index in [1.807, 2.05) is 0 Å². The van der Waals surface area contributed by atoms with E-state index in [4.69, 9.17) is 17.3 Å². The standard InChI is InChI=1S/C14H18ClNO/c1-3-4-5-6-9-14(2,17)12-10-11(15)7-8-13(12)16/h7-8,10,17H,3-5,16H2,1-2H3. The highest BCUT2D eigenvalue weighted by molar-refractivity contribution is 6.30. The Morgan fingerprint density at radius 2 is 2.18 bits per heavy atom. The molecule has 0 fully saturated rings. The summed E-state index contributed by atoms with van der Waals surface area (Å²) in [5, 5.41) is 10.8. The fourth-order valence-corrected chi connectivity index (χ4v) is 1.69. The Morgan fingerprint density at radius 1 is 1.47 bits per heavy atom. The van der Waals surface area contributed by atoms with Crippen LogP contribution in [0.5, 0.6) is 0 Å². The molecule has 0 saturated heterocycles. The molecule has 1 unspecified atom stereocenters. The third-order valence-corrected chi connectivity index (χ3v) is 2.76. The summed E-state index contributed by atoms with van der Waals surface area (Å²) in [7, 11) is 0. The molecule has 3 heteroatoms. The van der Waals surface area contributed by atoms with Crippen LogP contribution in [0.1, 0.15) is 38.7 Å². The minimum Gasteiger partial charge on any atom is -0.398 e. The molecule has 0 bridgehead atoms. The number of nitrogens with two attached hydrogens (primary N) is 1. The summed E-state index contributed by atoms with van der Waals surface area (Å²) in [6, 6.07) is 5.03. The van der Waals surface area contributed by atoms with E-state index in [9.17, 15) is 5.11 Å². The van der Waals surface area contributed by atoms with Crippen molar-refractivity contribution in [3.63, 3.8) is 0 Å². The lowest BCUT2D eigenvalue weighted by molar-refractivity contribution is 0.123. The van der Waals surface area contributed by atoms with Crippen molar-refractivity contribution in [2.45, 2.75) is 38.7 Å². The number of hydrogen-bond acceptors (Lipinski definition) is 2. The van der Waals surface area contributed by atoms with Gasteiger partial charge in [-0.15, -0.1) is 0 Å². The summed E-state index contributed by atoms with van der Waals surface area (Å²) in [4.78, 5) is 0. The van der Waals surface area contributed by atoms with E-state index in [1.54, 1.807) is 25.1 Å². The zero-order valence-electron chi connectivity index (χ0n) is 10.3. The molecule has 0 saturated carbocycles. The van der Waals surface area contributed by atoms with Gasteiger partial charge in [0.15, 0.2) is 0 Å². The number of anilines is 1. The molecule has 0 spiro atoms. The number of benzene rings is 1. The van der Waals surface area contributed by atoms with Crippen LogP contribution in [0.4, 0.5) is 5.69 Å². The molecule has 3 N–H and O–H groups in total. The third kappa shape index (κ3) is 3.96. The summed E-state index contributed by atoms with van der Waals surface area (Å²) < 4.78 is 0. The molecule has 1 rings (SSSR count). The lowest BCUT2D eigenvalue weighted by Crippen LogP contribution is -2.20. The summed E-state index contributed by atoms with van der Waals surface area (Å²) in [5.74, 6) is 5.82. The van der Waals surface area contributed by atoms with Gasteiger partial charge in [0, 0.05) is 22.7 Å². The van der Waals surface area contributed by atoms with E-state index in [-0.39, 0.29) is 0 Å². The molecule has 0 amide bonds. The van der Waals surface area contributed by atoms with E-state index >= 15 is 0 Å². The average Bonchev–Trinajstić information content (AvgIpc) is 2.28. The Bertz CT molecular complexity index is 443. The fourth-order valence-electron chi connectivity index (χ4n) is 1.52. The first kappa shape index (κ1) is 13.9. The Labute approximate surface area is 108 Å². The highest BCUT2D eigenvalue weighted by Crippen LogP contribution is 2.28. The molecule has 1 atom stereocenters. The van der Waals surface area contributed by atoms with Gasteiger partial charge in [-0.05, 0) is 31.5 Å². The molecule has 0 aliphatic carbocycles. The van der Waals surface area contributed by atoms with Crippen LogP contribution in [0, 0.1) is 11.8 Å². The molecule has 0 aliphatic heterocycles. The highest BCUT2D eigenvalue weighted by Gasteiger charge is 2.22. The Balaban J connectivity index is 2.94. The van der Waals surface area contributed by atoms with Gasteiger partial charge in [-0.1, -0.05) is 36.8 Å². The van der Waals surface area contributed by atoms with Gasteiger partial charge in [0.25, 0.3) is 0 Å². The zero-order valence-corrected chi connectivity index (χ0v) is 11.0. The molecular weight excluding hydrogens is 234 g/mol. The lowest BCUT2D eigenvalue weighted by atomic mass is 9.95. The van der Waals surface area contributed by atoms with Crippen LogP contribution in [0.15, 0.2) is 18.2 Å². The molecule has 0 heterocycles. The maximum Gasteiger partial charge on any atom is 0.150 e. The van der Waals surface area contributed by atoms with Crippen molar-refractivity contribution in [1.29, 1.82) is 0 Å². The maximum atomic E-state index is 10.3. The van der Waals surface area contributed by atoms with E-state index in [0.29, 0.717) is 16.3 Å². The molecule has 1 aromatic carbocycles. The van der Waals surface area contributed by atoms with Crippen molar-refractivity contribution in [3.05, 3.63) is 28.8 Å². The maximum absolute atomic E-state index is 10.3. The second-order valence-electron chi connectivity index (χ2n) is 4.21. The van der Waals surface area contributed by atoms with Crippen molar-refractivity contribution in [2.24, 2.45) is 0 Å². The Kier molecular flexibility index (Phi) is 4.86. The molecule has 17 heavy (non-hydrogen) atoms. The van der Waals surface area contributed by atoms with Gasteiger partial charge in [-0.3, -0.25) is 0 Å². The fraction of sp³-hybridized carbons (Fsp3) is 0.429. The highest BCUT2D eigenvalue weighted by atomic mass is 35.5. The molecule has 0 aliphatic rings. The van der Waals surface area contributed by atoms with Gasteiger partial charge >= 0.3 is 0 Å². The first-order valence-corrected chi connectivity index (χ1v) is 6.13.